The van der Waals surface area contributed by atoms with Gasteiger partial charge in [0.15, 0.2) is 0 Å². The summed E-state index contributed by atoms with van der Waals surface area (Å²) in [5.41, 5.74) is 6.26. The van der Waals surface area contributed by atoms with Gasteiger partial charge in [0.05, 0.1) is 0 Å². The highest BCUT2D eigenvalue weighted by molar-refractivity contribution is 7.73. The first kappa shape index (κ1) is 15.0. The third kappa shape index (κ3) is 3.87. The van der Waals surface area contributed by atoms with Gasteiger partial charge in [0.25, 0.3) is 0 Å². The van der Waals surface area contributed by atoms with E-state index < -0.39 is 24.6 Å². The number of esters is 1. The van der Waals surface area contributed by atoms with Crippen LogP contribution in [0.15, 0.2) is 0 Å². The van der Waals surface area contributed by atoms with Crippen LogP contribution in [0.3, 0.4) is 0 Å². The molecule has 0 aliphatic carbocycles. The van der Waals surface area contributed by atoms with Gasteiger partial charge in [-0.3, -0.25) is 0 Å². The fraction of sp³-hybridized carbons (Fsp3) is 0.750. The zero-order chi connectivity index (χ0) is 13.0. The van der Waals surface area contributed by atoms with E-state index in [1.54, 1.807) is 20.8 Å². The number of hydrogen-bond donors (Lipinski definition) is 2. The van der Waals surface area contributed by atoms with Crippen molar-refractivity contribution in [2.24, 2.45) is 0 Å². The fourth-order valence-electron chi connectivity index (χ4n) is 0.882. The van der Waals surface area contributed by atoms with Crippen LogP contribution >= 0.6 is 7.60 Å². The standard InChI is InChI=1S/C8H15N2O5P/c1-4-8(3,5-2)15-7(11)6(10-9)16(12,13)14/h4-5H2,1-3H3,(H2,12,13,14). The number of carbonyl (C=O) groups is 1. The molecule has 0 bridgehead atoms. The van der Waals surface area contributed by atoms with Gasteiger partial charge in [0.2, 0.25) is 0 Å². The Morgan fingerprint density at radius 2 is 1.88 bits per heavy atom. The molecule has 7 nitrogen and oxygen atoms in total. The van der Waals surface area contributed by atoms with Gasteiger partial charge in [0, 0.05) is 0 Å². The highest BCUT2D eigenvalue weighted by Crippen LogP contribution is 2.36. The Bertz CT molecular complexity index is 365. The van der Waals surface area contributed by atoms with Crippen LogP contribution in [0.25, 0.3) is 5.53 Å². The van der Waals surface area contributed by atoms with E-state index in [1.807, 2.05) is 0 Å². The third-order valence-electron chi connectivity index (χ3n) is 2.39. The molecule has 2 N–H and O–H groups in total. The minimum absolute atomic E-state index is 0.481. The molecule has 8 heteroatoms. The van der Waals surface area contributed by atoms with E-state index in [1.165, 1.54) is 0 Å². The first-order chi connectivity index (χ1) is 7.20. The molecular formula is C8H15N2O5P. The summed E-state index contributed by atoms with van der Waals surface area (Å²) in [6.45, 7) is 5.16. The van der Waals surface area contributed by atoms with Gasteiger partial charge in [-0.25, -0.2) is 9.36 Å². The van der Waals surface area contributed by atoms with Gasteiger partial charge in [-0.1, -0.05) is 13.8 Å². The van der Waals surface area contributed by atoms with Crippen molar-refractivity contribution >= 4 is 19.0 Å². The molecule has 16 heavy (non-hydrogen) atoms. The Morgan fingerprint density at radius 3 is 2.12 bits per heavy atom. The lowest BCUT2D eigenvalue weighted by Crippen LogP contribution is -2.33. The average Bonchev–Trinajstić information content (AvgIpc) is 2.16. The summed E-state index contributed by atoms with van der Waals surface area (Å²) in [6.07, 6.45) is 0.963. The number of rotatable bonds is 5. The van der Waals surface area contributed by atoms with Crippen molar-refractivity contribution in [3.8, 4) is 0 Å². The Kier molecular flexibility index (Phi) is 5.03. The molecule has 0 aliphatic heterocycles. The Labute approximate surface area is 93.2 Å². The summed E-state index contributed by atoms with van der Waals surface area (Å²) in [5.74, 6) is -1.30. The van der Waals surface area contributed by atoms with Crippen LogP contribution in [0.1, 0.15) is 33.6 Å². The van der Waals surface area contributed by atoms with Crippen LogP contribution in [0.2, 0.25) is 0 Å². The molecule has 0 radical (unpaired) electrons. The lowest BCUT2D eigenvalue weighted by Gasteiger charge is -2.25. The van der Waals surface area contributed by atoms with Crippen molar-refractivity contribution in [2.75, 3.05) is 0 Å². The van der Waals surface area contributed by atoms with Crippen LogP contribution in [-0.2, 0) is 14.1 Å². The predicted octanol–water partition coefficient (Wildman–Crippen LogP) is 0.914. The average molecular weight is 250 g/mol. The second kappa shape index (κ2) is 5.37. The van der Waals surface area contributed by atoms with Gasteiger partial charge in [-0.15, -0.1) is 4.79 Å². The zero-order valence-corrected chi connectivity index (χ0v) is 10.3. The fourth-order valence-corrected chi connectivity index (χ4v) is 1.28. The molecule has 0 spiro atoms. The summed E-state index contributed by atoms with van der Waals surface area (Å²) in [7, 11) is -4.91. The van der Waals surface area contributed by atoms with E-state index in [2.05, 4.69) is 4.79 Å². The van der Waals surface area contributed by atoms with Crippen molar-refractivity contribution in [1.82, 2.24) is 0 Å². The van der Waals surface area contributed by atoms with Gasteiger partial charge in [0.1, 0.15) is 5.60 Å². The predicted molar refractivity (Wildman–Crippen MR) is 55.7 cm³/mol. The highest BCUT2D eigenvalue weighted by Gasteiger charge is 2.43. The number of hydrogen-bond acceptors (Lipinski definition) is 3. The molecule has 0 amide bonds. The minimum Gasteiger partial charge on any atom is -0.450 e. The molecule has 0 aromatic heterocycles. The SMILES string of the molecule is CCC(C)(CC)OC(=O)C(=[N+]=[N-])P(=O)(O)O. The molecule has 92 valence electrons. The van der Waals surface area contributed by atoms with Crippen molar-refractivity contribution in [1.29, 1.82) is 0 Å². The van der Waals surface area contributed by atoms with Crippen LogP contribution in [0.4, 0.5) is 0 Å². The quantitative estimate of drug-likeness (QED) is 0.247. The van der Waals surface area contributed by atoms with E-state index in [0.29, 0.717) is 12.8 Å². The Hall–Kier alpha value is -1.00. The Balaban J connectivity index is 4.98. The summed E-state index contributed by atoms with van der Waals surface area (Å²) in [6, 6.07) is 0. The molecular weight excluding hydrogens is 235 g/mol. The maximum absolute atomic E-state index is 11.3. The largest absolute Gasteiger partial charge is 0.484 e. The van der Waals surface area contributed by atoms with E-state index in [-0.39, 0.29) is 0 Å². The smallest absolute Gasteiger partial charge is 0.450 e. The maximum atomic E-state index is 11.3. The lowest BCUT2D eigenvalue weighted by atomic mass is 10.0. The molecule has 0 atom stereocenters. The van der Waals surface area contributed by atoms with Crippen molar-refractivity contribution in [2.45, 2.75) is 39.2 Å². The van der Waals surface area contributed by atoms with E-state index >= 15 is 0 Å². The summed E-state index contributed by atoms with van der Waals surface area (Å²) in [5, 5.41) is 0. The number of ether oxygens (including phenoxy) is 1. The van der Waals surface area contributed by atoms with Crippen LogP contribution in [-0.4, -0.2) is 31.6 Å². The van der Waals surface area contributed by atoms with Crippen LogP contribution in [0.5, 0.6) is 0 Å². The maximum Gasteiger partial charge on any atom is 0.484 e. The van der Waals surface area contributed by atoms with E-state index in [0.717, 1.165) is 0 Å². The van der Waals surface area contributed by atoms with Crippen molar-refractivity contribution in [3.05, 3.63) is 5.53 Å². The molecule has 0 aromatic carbocycles. The third-order valence-corrected chi connectivity index (χ3v) is 3.21. The van der Waals surface area contributed by atoms with Crippen LogP contribution in [0, 0.1) is 0 Å². The minimum atomic E-state index is -4.91. The molecule has 0 fully saturated rings. The topological polar surface area (TPSA) is 120 Å². The van der Waals surface area contributed by atoms with Crippen LogP contribution < -0.4 is 0 Å². The first-order valence-corrected chi connectivity index (χ1v) is 6.33. The monoisotopic (exact) mass is 250 g/mol. The molecule has 0 heterocycles. The summed E-state index contributed by atoms with van der Waals surface area (Å²) < 4.78 is 15.7. The second-order valence-corrected chi connectivity index (χ2v) is 5.03. The number of carbonyl (C=O) groups excluding carboxylic acids is 1. The normalized spacial score (nSPS) is 11.8. The second-order valence-electron chi connectivity index (χ2n) is 3.51. The van der Waals surface area contributed by atoms with E-state index in [9.17, 15) is 9.36 Å². The molecule has 0 saturated heterocycles. The molecule has 0 unspecified atom stereocenters. The summed E-state index contributed by atoms with van der Waals surface area (Å²) in [4.78, 5) is 31.1. The van der Waals surface area contributed by atoms with Gasteiger partial charge >= 0.3 is 19.0 Å². The zero-order valence-electron chi connectivity index (χ0n) is 9.38. The lowest BCUT2D eigenvalue weighted by molar-refractivity contribution is -0.154. The first-order valence-electron chi connectivity index (χ1n) is 4.71. The van der Waals surface area contributed by atoms with Crippen molar-refractivity contribution in [3.63, 3.8) is 0 Å². The van der Waals surface area contributed by atoms with Gasteiger partial charge in [-0.05, 0) is 19.8 Å². The molecule has 0 rings (SSSR count). The Morgan fingerprint density at radius 1 is 1.44 bits per heavy atom. The van der Waals surface area contributed by atoms with Gasteiger partial charge < -0.3 is 20.1 Å². The molecule has 0 aliphatic rings. The molecule has 0 saturated carbocycles. The highest BCUT2D eigenvalue weighted by atomic mass is 31.2. The van der Waals surface area contributed by atoms with Crippen molar-refractivity contribution < 1.29 is 28.7 Å². The summed E-state index contributed by atoms with van der Waals surface area (Å²) >= 11 is 0. The van der Waals surface area contributed by atoms with E-state index in [4.69, 9.17) is 20.1 Å². The number of nitrogens with zero attached hydrogens (tertiary/aromatic N) is 2. The molecule has 0 aromatic rings. The van der Waals surface area contributed by atoms with Gasteiger partial charge in [-0.2, -0.15) is 0 Å².